The Labute approximate surface area is 219 Å². The summed E-state index contributed by atoms with van der Waals surface area (Å²) >= 11 is 0. The fourth-order valence-electron chi connectivity index (χ4n) is 4.12. The Kier molecular flexibility index (Phi) is 11.5. The number of carboxylic acids is 2. The SMILES string of the molecule is NC(N)=NCCCC(N)C(=O)NC(Cc1ccccc1)C(=O)N1CCCC1C(=O)NC(CC(=O)O)C(=O)O. The van der Waals surface area contributed by atoms with Crippen molar-refractivity contribution in [2.24, 2.45) is 22.2 Å². The van der Waals surface area contributed by atoms with Gasteiger partial charge in [0.05, 0.1) is 12.5 Å². The number of aliphatic carboxylic acids is 2. The van der Waals surface area contributed by atoms with E-state index in [1.54, 1.807) is 24.3 Å². The summed E-state index contributed by atoms with van der Waals surface area (Å²) < 4.78 is 0. The molecule has 208 valence electrons. The topological polar surface area (TPSA) is 244 Å². The number of hydrogen-bond acceptors (Lipinski definition) is 7. The van der Waals surface area contributed by atoms with E-state index < -0.39 is 60.2 Å². The molecule has 38 heavy (non-hydrogen) atoms. The number of likely N-dealkylation sites (tertiary alicyclic amines) is 1. The van der Waals surface area contributed by atoms with Crippen LogP contribution in [0.25, 0.3) is 0 Å². The minimum Gasteiger partial charge on any atom is -0.481 e. The molecule has 1 saturated heterocycles. The lowest BCUT2D eigenvalue weighted by atomic mass is 10.0. The first-order valence-corrected chi connectivity index (χ1v) is 12.2. The summed E-state index contributed by atoms with van der Waals surface area (Å²) in [5, 5.41) is 23.1. The van der Waals surface area contributed by atoms with E-state index in [2.05, 4.69) is 15.6 Å². The normalized spacial score (nSPS) is 17.1. The number of nitrogens with two attached hydrogens (primary N) is 3. The predicted octanol–water partition coefficient (Wildman–Crippen LogP) is -1.87. The maximum Gasteiger partial charge on any atom is 0.326 e. The van der Waals surface area contributed by atoms with Crippen LogP contribution in [0.1, 0.15) is 37.7 Å². The third-order valence-electron chi connectivity index (χ3n) is 6.03. The Morgan fingerprint density at radius 3 is 2.34 bits per heavy atom. The van der Waals surface area contributed by atoms with Gasteiger partial charge in [0.2, 0.25) is 17.7 Å². The van der Waals surface area contributed by atoms with E-state index in [4.69, 9.17) is 22.3 Å². The van der Waals surface area contributed by atoms with Crippen LogP contribution in [-0.2, 0) is 30.4 Å². The molecule has 0 radical (unpaired) electrons. The molecule has 1 aliphatic heterocycles. The molecular formula is C24H35N7O7. The summed E-state index contributed by atoms with van der Waals surface area (Å²) in [5.74, 6) is -4.82. The maximum absolute atomic E-state index is 13.6. The van der Waals surface area contributed by atoms with Crippen LogP contribution in [0, 0.1) is 0 Å². The molecule has 10 N–H and O–H groups in total. The highest BCUT2D eigenvalue weighted by molar-refractivity contribution is 5.95. The fourth-order valence-corrected chi connectivity index (χ4v) is 4.12. The van der Waals surface area contributed by atoms with E-state index in [1.165, 1.54) is 4.90 Å². The van der Waals surface area contributed by atoms with E-state index in [-0.39, 0.29) is 31.8 Å². The largest absolute Gasteiger partial charge is 0.481 e. The summed E-state index contributed by atoms with van der Waals surface area (Å²) in [6.45, 7) is 0.499. The zero-order valence-corrected chi connectivity index (χ0v) is 20.9. The Balaban J connectivity index is 2.16. The number of rotatable bonds is 14. The second kappa shape index (κ2) is 14.5. The van der Waals surface area contributed by atoms with Crippen molar-refractivity contribution in [2.75, 3.05) is 13.1 Å². The monoisotopic (exact) mass is 533 g/mol. The van der Waals surface area contributed by atoms with Crippen molar-refractivity contribution in [1.29, 1.82) is 0 Å². The second-order valence-electron chi connectivity index (χ2n) is 8.99. The van der Waals surface area contributed by atoms with Gasteiger partial charge in [0.1, 0.15) is 18.1 Å². The summed E-state index contributed by atoms with van der Waals surface area (Å²) in [7, 11) is 0. The van der Waals surface area contributed by atoms with Gasteiger partial charge in [0, 0.05) is 19.5 Å². The van der Waals surface area contributed by atoms with Crippen LogP contribution < -0.4 is 27.8 Å². The first kappa shape index (κ1) is 30.0. The van der Waals surface area contributed by atoms with E-state index >= 15 is 0 Å². The summed E-state index contributed by atoms with van der Waals surface area (Å²) in [5.41, 5.74) is 17.4. The third kappa shape index (κ3) is 9.35. The molecule has 0 saturated carbocycles. The third-order valence-corrected chi connectivity index (χ3v) is 6.03. The van der Waals surface area contributed by atoms with Gasteiger partial charge in [-0.25, -0.2) is 4.79 Å². The van der Waals surface area contributed by atoms with Gasteiger partial charge in [-0.3, -0.25) is 24.2 Å². The number of carbonyl (C=O) groups is 5. The highest BCUT2D eigenvalue weighted by atomic mass is 16.4. The maximum atomic E-state index is 13.6. The number of nitrogens with one attached hydrogen (secondary N) is 2. The van der Waals surface area contributed by atoms with Crippen molar-refractivity contribution in [3.63, 3.8) is 0 Å². The number of carbonyl (C=O) groups excluding carboxylic acids is 3. The van der Waals surface area contributed by atoms with Crippen LogP contribution in [0.5, 0.6) is 0 Å². The number of carboxylic acid groups (broad SMARTS) is 2. The molecule has 1 aromatic carbocycles. The van der Waals surface area contributed by atoms with Gasteiger partial charge in [-0.15, -0.1) is 0 Å². The smallest absolute Gasteiger partial charge is 0.326 e. The molecule has 1 heterocycles. The van der Waals surface area contributed by atoms with Gasteiger partial charge in [-0.2, -0.15) is 0 Å². The van der Waals surface area contributed by atoms with Crippen LogP contribution >= 0.6 is 0 Å². The molecule has 1 aromatic rings. The van der Waals surface area contributed by atoms with Gasteiger partial charge in [0.25, 0.3) is 0 Å². The van der Waals surface area contributed by atoms with E-state index in [0.29, 0.717) is 19.4 Å². The summed E-state index contributed by atoms with van der Waals surface area (Å²) in [4.78, 5) is 66.8. The minimum absolute atomic E-state index is 0.0709. The van der Waals surface area contributed by atoms with Gasteiger partial charge < -0.3 is 42.9 Å². The molecule has 0 aliphatic carbocycles. The van der Waals surface area contributed by atoms with Crippen molar-refractivity contribution in [1.82, 2.24) is 15.5 Å². The molecule has 3 amide bonds. The van der Waals surface area contributed by atoms with Crippen LogP contribution in [0.15, 0.2) is 35.3 Å². The van der Waals surface area contributed by atoms with Crippen LogP contribution in [0.2, 0.25) is 0 Å². The summed E-state index contributed by atoms with van der Waals surface area (Å²) in [6.07, 6.45) is 0.760. The lowest BCUT2D eigenvalue weighted by Gasteiger charge is -2.30. The van der Waals surface area contributed by atoms with E-state index in [9.17, 15) is 29.1 Å². The van der Waals surface area contributed by atoms with Gasteiger partial charge >= 0.3 is 11.9 Å². The molecule has 0 bridgehead atoms. The minimum atomic E-state index is -1.64. The van der Waals surface area contributed by atoms with Crippen molar-refractivity contribution < 1.29 is 34.2 Å². The molecule has 1 fully saturated rings. The van der Waals surface area contributed by atoms with Gasteiger partial charge in [0.15, 0.2) is 5.96 Å². The molecule has 1 aliphatic rings. The molecule has 2 rings (SSSR count). The second-order valence-corrected chi connectivity index (χ2v) is 8.99. The van der Waals surface area contributed by atoms with Crippen LogP contribution in [0.3, 0.4) is 0 Å². The van der Waals surface area contributed by atoms with E-state index in [0.717, 1.165) is 5.56 Å². The number of amides is 3. The zero-order chi connectivity index (χ0) is 28.2. The molecule has 4 atom stereocenters. The first-order valence-electron chi connectivity index (χ1n) is 12.2. The molecule has 0 spiro atoms. The first-order chi connectivity index (χ1) is 18.0. The highest BCUT2D eigenvalue weighted by Crippen LogP contribution is 2.20. The predicted molar refractivity (Wildman–Crippen MR) is 137 cm³/mol. The fraction of sp³-hybridized carbons (Fsp3) is 0.500. The Bertz CT molecular complexity index is 1030. The molecular weight excluding hydrogens is 498 g/mol. The Morgan fingerprint density at radius 1 is 1.05 bits per heavy atom. The van der Waals surface area contributed by atoms with Crippen molar-refractivity contribution in [3.05, 3.63) is 35.9 Å². The van der Waals surface area contributed by atoms with Crippen molar-refractivity contribution in [3.8, 4) is 0 Å². The average molecular weight is 534 g/mol. The number of aliphatic imine (C=N–C) groups is 1. The van der Waals surface area contributed by atoms with Gasteiger partial charge in [-0.05, 0) is 31.2 Å². The lowest BCUT2D eigenvalue weighted by molar-refractivity contribution is -0.148. The van der Waals surface area contributed by atoms with Crippen molar-refractivity contribution >= 4 is 35.6 Å². The zero-order valence-electron chi connectivity index (χ0n) is 20.9. The summed E-state index contributed by atoms with van der Waals surface area (Å²) in [6, 6.07) is 4.33. The molecule has 14 nitrogen and oxygen atoms in total. The lowest BCUT2D eigenvalue weighted by Crippen LogP contribution is -2.57. The van der Waals surface area contributed by atoms with Crippen LogP contribution in [-0.4, -0.2) is 88.0 Å². The highest BCUT2D eigenvalue weighted by Gasteiger charge is 2.39. The quantitative estimate of drug-likeness (QED) is 0.0797. The Morgan fingerprint density at radius 2 is 1.74 bits per heavy atom. The number of nitrogens with zero attached hydrogens (tertiary/aromatic N) is 2. The number of guanidine groups is 1. The number of benzene rings is 1. The van der Waals surface area contributed by atoms with Crippen molar-refractivity contribution in [2.45, 2.75) is 62.7 Å². The number of hydrogen-bond donors (Lipinski definition) is 7. The van der Waals surface area contributed by atoms with Crippen LogP contribution in [0.4, 0.5) is 0 Å². The average Bonchev–Trinajstić information content (AvgIpc) is 3.35. The standard InChI is InChI=1S/C24H35N7O7/c25-15(8-4-10-28-24(26)27)20(34)29-16(12-14-6-2-1-3-7-14)22(36)31-11-5-9-18(31)21(35)30-17(23(37)38)13-19(32)33/h1-3,6-7,15-18H,4-5,8-13,25H2,(H,29,34)(H,30,35)(H,32,33)(H,37,38)(H4,26,27,28). The van der Waals surface area contributed by atoms with Gasteiger partial charge in [-0.1, -0.05) is 30.3 Å². The molecule has 14 heteroatoms. The molecule has 4 unspecified atom stereocenters. The van der Waals surface area contributed by atoms with E-state index in [1.807, 2.05) is 6.07 Å². The molecule has 0 aromatic heterocycles. The Hall–Kier alpha value is -4.20.